The van der Waals surface area contributed by atoms with Crippen molar-refractivity contribution in [2.45, 2.75) is 18.9 Å². The molecule has 0 spiro atoms. The summed E-state index contributed by atoms with van der Waals surface area (Å²) in [4.78, 5) is 31.9. The van der Waals surface area contributed by atoms with Crippen LogP contribution in [0.2, 0.25) is 0 Å². The molecule has 142 valence electrons. The third kappa shape index (κ3) is 5.37. The predicted octanol–water partition coefficient (Wildman–Crippen LogP) is -1.42. The molecule has 0 atom stereocenters. The zero-order valence-electron chi connectivity index (χ0n) is 15.0. The SMILES string of the molecule is O=C(O)CN1CCN(C(=O)CN2CCN(C3CCNCC3)CC2)CC1. The van der Waals surface area contributed by atoms with Gasteiger partial charge >= 0.3 is 5.97 Å². The van der Waals surface area contributed by atoms with Gasteiger partial charge in [0.2, 0.25) is 5.91 Å². The van der Waals surface area contributed by atoms with Gasteiger partial charge in [-0.05, 0) is 25.9 Å². The van der Waals surface area contributed by atoms with Crippen LogP contribution in [0.5, 0.6) is 0 Å². The van der Waals surface area contributed by atoms with Crippen molar-refractivity contribution in [3.8, 4) is 0 Å². The summed E-state index contributed by atoms with van der Waals surface area (Å²) in [7, 11) is 0. The molecule has 0 saturated carbocycles. The van der Waals surface area contributed by atoms with E-state index in [1.54, 1.807) is 0 Å². The molecular formula is C17H31N5O3. The molecule has 3 rings (SSSR count). The van der Waals surface area contributed by atoms with Crippen molar-refractivity contribution < 1.29 is 14.7 Å². The Labute approximate surface area is 149 Å². The van der Waals surface area contributed by atoms with Crippen LogP contribution in [-0.2, 0) is 9.59 Å². The lowest BCUT2D eigenvalue weighted by Crippen LogP contribution is -2.56. The lowest BCUT2D eigenvalue weighted by molar-refractivity contribution is -0.139. The monoisotopic (exact) mass is 353 g/mol. The van der Waals surface area contributed by atoms with E-state index in [-0.39, 0.29) is 12.5 Å². The topological polar surface area (TPSA) is 79.4 Å². The molecule has 0 aromatic carbocycles. The van der Waals surface area contributed by atoms with E-state index in [9.17, 15) is 9.59 Å². The number of hydrogen-bond acceptors (Lipinski definition) is 6. The largest absolute Gasteiger partial charge is 0.480 e. The first-order chi connectivity index (χ1) is 12.1. The van der Waals surface area contributed by atoms with Crippen LogP contribution in [0.25, 0.3) is 0 Å². The van der Waals surface area contributed by atoms with Gasteiger partial charge in [0.15, 0.2) is 0 Å². The third-order valence-corrected chi connectivity index (χ3v) is 5.67. The summed E-state index contributed by atoms with van der Waals surface area (Å²) in [6.45, 7) is 9.46. The fourth-order valence-corrected chi connectivity index (χ4v) is 4.10. The number of rotatable bonds is 5. The third-order valence-electron chi connectivity index (χ3n) is 5.67. The van der Waals surface area contributed by atoms with Gasteiger partial charge in [-0.2, -0.15) is 0 Å². The Kier molecular flexibility index (Phi) is 6.63. The number of nitrogens with zero attached hydrogens (tertiary/aromatic N) is 4. The van der Waals surface area contributed by atoms with Crippen LogP contribution in [0.15, 0.2) is 0 Å². The Morgan fingerprint density at radius 2 is 1.40 bits per heavy atom. The van der Waals surface area contributed by atoms with Crippen molar-refractivity contribution in [3.63, 3.8) is 0 Å². The molecule has 8 heteroatoms. The number of amides is 1. The molecule has 0 bridgehead atoms. The van der Waals surface area contributed by atoms with Gasteiger partial charge in [-0.3, -0.25) is 24.3 Å². The Morgan fingerprint density at radius 1 is 0.840 bits per heavy atom. The molecule has 25 heavy (non-hydrogen) atoms. The molecule has 0 aromatic rings. The summed E-state index contributed by atoms with van der Waals surface area (Å²) in [5.41, 5.74) is 0. The van der Waals surface area contributed by atoms with E-state index in [1.807, 2.05) is 9.80 Å². The number of hydrogen-bond donors (Lipinski definition) is 2. The summed E-state index contributed by atoms with van der Waals surface area (Å²) in [5.74, 6) is -0.614. The smallest absolute Gasteiger partial charge is 0.317 e. The van der Waals surface area contributed by atoms with Gasteiger partial charge < -0.3 is 15.3 Å². The summed E-state index contributed by atoms with van der Waals surface area (Å²) >= 11 is 0. The molecule has 8 nitrogen and oxygen atoms in total. The lowest BCUT2D eigenvalue weighted by Gasteiger charge is -2.41. The van der Waals surface area contributed by atoms with Crippen LogP contribution in [0.4, 0.5) is 0 Å². The molecule has 0 radical (unpaired) electrons. The quantitative estimate of drug-likeness (QED) is 0.628. The number of carboxylic acid groups (broad SMARTS) is 1. The molecule has 0 aliphatic carbocycles. The molecule has 3 aliphatic rings. The van der Waals surface area contributed by atoms with Gasteiger partial charge in [-0.1, -0.05) is 0 Å². The van der Waals surface area contributed by atoms with E-state index in [0.29, 0.717) is 38.8 Å². The molecule has 3 fully saturated rings. The summed E-state index contributed by atoms with van der Waals surface area (Å²) in [6, 6.07) is 0.710. The van der Waals surface area contributed by atoms with Gasteiger partial charge in [-0.25, -0.2) is 0 Å². The highest BCUT2D eigenvalue weighted by molar-refractivity contribution is 5.78. The van der Waals surface area contributed by atoms with Crippen LogP contribution >= 0.6 is 0 Å². The van der Waals surface area contributed by atoms with Crippen LogP contribution in [0.3, 0.4) is 0 Å². The molecule has 3 aliphatic heterocycles. The number of carbonyl (C=O) groups is 2. The Hall–Kier alpha value is -1.22. The van der Waals surface area contributed by atoms with Crippen molar-refractivity contribution in [1.29, 1.82) is 0 Å². The Balaban J connectivity index is 1.36. The second-order valence-electron chi connectivity index (χ2n) is 7.34. The minimum Gasteiger partial charge on any atom is -0.480 e. The fraction of sp³-hybridized carbons (Fsp3) is 0.882. The minimum absolute atomic E-state index is 0.0701. The highest BCUT2D eigenvalue weighted by Gasteiger charge is 2.28. The van der Waals surface area contributed by atoms with E-state index in [1.165, 1.54) is 12.8 Å². The van der Waals surface area contributed by atoms with Crippen molar-refractivity contribution in [3.05, 3.63) is 0 Å². The molecular weight excluding hydrogens is 322 g/mol. The summed E-state index contributed by atoms with van der Waals surface area (Å²) in [5, 5.41) is 12.3. The average molecular weight is 353 g/mol. The van der Waals surface area contributed by atoms with Crippen LogP contribution in [0.1, 0.15) is 12.8 Å². The van der Waals surface area contributed by atoms with E-state index in [0.717, 1.165) is 39.3 Å². The maximum atomic E-state index is 12.5. The summed E-state index contributed by atoms with van der Waals surface area (Å²) < 4.78 is 0. The number of carboxylic acids is 1. The molecule has 3 saturated heterocycles. The molecule has 0 unspecified atom stereocenters. The highest BCUT2D eigenvalue weighted by atomic mass is 16.4. The fourth-order valence-electron chi connectivity index (χ4n) is 4.10. The van der Waals surface area contributed by atoms with Crippen LogP contribution < -0.4 is 5.32 Å². The zero-order chi connectivity index (χ0) is 17.6. The average Bonchev–Trinajstić information content (AvgIpc) is 2.63. The molecule has 0 aromatic heterocycles. The van der Waals surface area contributed by atoms with Gasteiger partial charge in [0.05, 0.1) is 13.1 Å². The second kappa shape index (κ2) is 8.93. The Morgan fingerprint density at radius 3 is 2.00 bits per heavy atom. The van der Waals surface area contributed by atoms with Gasteiger partial charge in [-0.15, -0.1) is 0 Å². The number of carbonyl (C=O) groups excluding carboxylic acids is 1. The van der Waals surface area contributed by atoms with Crippen molar-refractivity contribution >= 4 is 11.9 Å². The van der Waals surface area contributed by atoms with Crippen molar-refractivity contribution in [1.82, 2.24) is 24.9 Å². The lowest BCUT2D eigenvalue weighted by atomic mass is 10.0. The maximum Gasteiger partial charge on any atom is 0.317 e. The number of aliphatic carboxylic acids is 1. The molecule has 3 heterocycles. The van der Waals surface area contributed by atoms with Gasteiger partial charge in [0.25, 0.3) is 0 Å². The highest BCUT2D eigenvalue weighted by Crippen LogP contribution is 2.14. The normalized spacial score (nSPS) is 25.2. The summed E-state index contributed by atoms with van der Waals surface area (Å²) in [6.07, 6.45) is 2.47. The predicted molar refractivity (Wildman–Crippen MR) is 94.6 cm³/mol. The first kappa shape index (κ1) is 18.6. The van der Waals surface area contributed by atoms with Gasteiger partial charge in [0, 0.05) is 58.4 Å². The van der Waals surface area contributed by atoms with E-state index in [4.69, 9.17) is 5.11 Å². The van der Waals surface area contributed by atoms with Crippen molar-refractivity contribution in [2.24, 2.45) is 0 Å². The van der Waals surface area contributed by atoms with Crippen LogP contribution in [-0.4, -0.2) is 121 Å². The molecule has 2 N–H and O–H groups in total. The van der Waals surface area contributed by atoms with Crippen molar-refractivity contribution in [2.75, 3.05) is 78.5 Å². The molecule has 1 amide bonds. The van der Waals surface area contributed by atoms with E-state index < -0.39 is 5.97 Å². The number of piperazine rings is 2. The Bertz CT molecular complexity index is 453. The first-order valence-corrected chi connectivity index (χ1v) is 9.51. The number of piperidine rings is 1. The minimum atomic E-state index is -0.800. The van der Waals surface area contributed by atoms with Crippen LogP contribution in [0, 0.1) is 0 Å². The van der Waals surface area contributed by atoms with E-state index in [2.05, 4.69) is 15.1 Å². The van der Waals surface area contributed by atoms with Gasteiger partial charge in [0.1, 0.15) is 0 Å². The standard InChI is InChI=1S/C17H31N5O3/c23-16(22-11-7-20(8-12-22)14-17(24)25)13-19-5-9-21(10-6-19)15-1-3-18-4-2-15/h15,18H,1-14H2,(H,24,25). The van der Waals surface area contributed by atoms with E-state index >= 15 is 0 Å². The first-order valence-electron chi connectivity index (χ1n) is 9.51. The number of nitrogens with one attached hydrogen (secondary N) is 1. The zero-order valence-corrected chi connectivity index (χ0v) is 15.0. The maximum absolute atomic E-state index is 12.5. The second-order valence-corrected chi connectivity index (χ2v) is 7.34.